The van der Waals surface area contributed by atoms with Crippen molar-refractivity contribution in [1.29, 1.82) is 0 Å². The lowest BCUT2D eigenvalue weighted by Crippen LogP contribution is -2.32. The van der Waals surface area contributed by atoms with Crippen LogP contribution in [0.25, 0.3) is 0 Å². The molecule has 184 valence electrons. The maximum absolute atomic E-state index is 12.9. The average Bonchev–Trinajstić information content (AvgIpc) is 2.88. The Morgan fingerprint density at radius 2 is 1.77 bits per heavy atom. The number of hydrogen-bond donors (Lipinski definition) is 0. The molecule has 2 aromatic heterocycles. The van der Waals surface area contributed by atoms with Gasteiger partial charge in [-0.15, -0.1) is 11.5 Å². The van der Waals surface area contributed by atoms with Gasteiger partial charge in [0.2, 0.25) is 5.88 Å². The third-order valence-electron chi connectivity index (χ3n) is 5.99. The van der Waals surface area contributed by atoms with Crippen molar-refractivity contribution in [3.8, 4) is 29.7 Å². The quantitative estimate of drug-likeness (QED) is 0.391. The highest BCUT2D eigenvalue weighted by Gasteiger charge is 2.19. The van der Waals surface area contributed by atoms with Gasteiger partial charge in [-0.05, 0) is 35.7 Å². The number of methoxy groups -OCH3 is 2. The highest BCUT2D eigenvalue weighted by atomic mass is 16.5. The van der Waals surface area contributed by atoms with Gasteiger partial charge in [0.15, 0.2) is 0 Å². The number of hydrogen-bond acceptors (Lipinski definition) is 7. The van der Waals surface area contributed by atoms with Gasteiger partial charge in [-0.25, -0.2) is 4.68 Å². The number of rotatable bonds is 11. The molecule has 2 atom stereocenters. The number of ether oxygens (including phenoxy) is 3. The Hall–Kier alpha value is -3.99. The topological polar surface area (TPSA) is 78.7 Å². The Kier molecular flexibility index (Phi) is 8.74. The third-order valence-corrected chi connectivity index (χ3v) is 5.99. The van der Waals surface area contributed by atoms with E-state index in [1.54, 1.807) is 33.5 Å². The minimum absolute atomic E-state index is 0.152. The lowest BCUT2D eigenvalue weighted by Gasteiger charge is -2.23. The van der Waals surface area contributed by atoms with Gasteiger partial charge < -0.3 is 19.1 Å². The molecule has 0 aliphatic heterocycles. The van der Waals surface area contributed by atoms with Crippen LogP contribution in [0.1, 0.15) is 31.0 Å². The molecule has 0 aliphatic rings. The molecule has 0 saturated heterocycles. The van der Waals surface area contributed by atoms with Gasteiger partial charge in [-0.2, -0.15) is 0 Å². The fourth-order valence-corrected chi connectivity index (χ4v) is 3.59. The predicted molar refractivity (Wildman–Crippen MR) is 136 cm³/mol. The van der Waals surface area contributed by atoms with Gasteiger partial charge in [0.05, 0.1) is 33.6 Å². The number of benzene rings is 1. The van der Waals surface area contributed by atoms with Crippen LogP contribution in [-0.4, -0.2) is 42.1 Å². The molecule has 2 heterocycles. The second-order valence-electron chi connectivity index (χ2n) is 8.40. The molecule has 0 spiro atoms. The second-order valence-corrected chi connectivity index (χ2v) is 8.40. The summed E-state index contributed by atoms with van der Waals surface area (Å²) in [4.78, 5) is 19.2. The van der Waals surface area contributed by atoms with E-state index < -0.39 is 0 Å². The predicted octanol–water partition coefficient (Wildman–Crippen LogP) is 3.65. The molecular weight excluding hydrogens is 444 g/mol. The van der Waals surface area contributed by atoms with E-state index in [9.17, 15) is 4.79 Å². The molecule has 0 fully saturated rings. The van der Waals surface area contributed by atoms with Crippen LogP contribution in [0.4, 0.5) is 5.69 Å². The smallest absolute Gasteiger partial charge is 0.290 e. The number of terminal acetylenes is 1. The summed E-state index contributed by atoms with van der Waals surface area (Å²) in [5.74, 6) is 4.80. The molecule has 0 amide bonds. The van der Waals surface area contributed by atoms with Crippen molar-refractivity contribution in [3.05, 3.63) is 70.3 Å². The average molecular weight is 477 g/mol. The summed E-state index contributed by atoms with van der Waals surface area (Å²) in [7, 11) is 4.84. The number of pyridine rings is 1. The minimum Gasteiger partial charge on any atom is -0.497 e. The summed E-state index contributed by atoms with van der Waals surface area (Å²) in [5, 5.41) is 4.29. The van der Waals surface area contributed by atoms with Crippen molar-refractivity contribution in [3.63, 3.8) is 0 Å². The lowest BCUT2D eigenvalue weighted by molar-refractivity contribution is 0.228. The van der Waals surface area contributed by atoms with Crippen LogP contribution in [0.2, 0.25) is 0 Å². The highest BCUT2D eigenvalue weighted by Crippen LogP contribution is 2.25. The largest absolute Gasteiger partial charge is 0.497 e. The molecule has 1 aromatic carbocycles. The van der Waals surface area contributed by atoms with E-state index in [0.717, 1.165) is 22.8 Å². The Labute approximate surface area is 206 Å². The molecule has 3 aromatic rings. The minimum atomic E-state index is -0.245. The SMILES string of the molecule is C#CCN(Cc1ccc(OC)cc1)c1cc(OCC(C)[C@H](C)c2ccc(OC)cn2)nn(C)c1=O. The van der Waals surface area contributed by atoms with Crippen molar-refractivity contribution in [2.45, 2.75) is 26.3 Å². The summed E-state index contributed by atoms with van der Waals surface area (Å²) >= 11 is 0. The summed E-state index contributed by atoms with van der Waals surface area (Å²) < 4.78 is 17.7. The number of aryl methyl sites for hydroxylation is 1. The first-order valence-electron chi connectivity index (χ1n) is 11.4. The van der Waals surface area contributed by atoms with Crippen molar-refractivity contribution < 1.29 is 14.2 Å². The molecule has 0 N–H and O–H groups in total. The van der Waals surface area contributed by atoms with Crippen LogP contribution in [0.15, 0.2) is 53.5 Å². The van der Waals surface area contributed by atoms with Crippen molar-refractivity contribution >= 4 is 5.69 Å². The van der Waals surface area contributed by atoms with Gasteiger partial charge in [-0.3, -0.25) is 9.78 Å². The van der Waals surface area contributed by atoms with Crippen molar-refractivity contribution in [1.82, 2.24) is 14.8 Å². The van der Waals surface area contributed by atoms with Gasteiger partial charge >= 0.3 is 0 Å². The molecule has 8 nitrogen and oxygen atoms in total. The fourth-order valence-electron chi connectivity index (χ4n) is 3.59. The van der Waals surface area contributed by atoms with Gasteiger partial charge in [0.1, 0.15) is 17.2 Å². The van der Waals surface area contributed by atoms with E-state index in [4.69, 9.17) is 20.6 Å². The fraction of sp³-hybridized carbons (Fsp3) is 0.370. The summed E-state index contributed by atoms with van der Waals surface area (Å²) in [6.07, 6.45) is 7.33. The van der Waals surface area contributed by atoms with E-state index in [2.05, 4.69) is 29.9 Å². The van der Waals surface area contributed by atoms with Crippen molar-refractivity contribution in [2.75, 3.05) is 32.3 Å². The zero-order valence-corrected chi connectivity index (χ0v) is 20.9. The van der Waals surface area contributed by atoms with Crippen LogP contribution >= 0.6 is 0 Å². The van der Waals surface area contributed by atoms with E-state index in [0.29, 0.717) is 24.7 Å². The number of nitrogens with zero attached hydrogens (tertiary/aromatic N) is 4. The first-order chi connectivity index (χ1) is 16.9. The Bertz CT molecular complexity index is 1200. The maximum Gasteiger partial charge on any atom is 0.290 e. The summed E-state index contributed by atoms with van der Waals surface area (Å²) in [6.45, 7) is 5.33. The van der Waals surface area contributed by atoms with Gasteiger partial charge in [0, 0.05) is 31.3 Å². The van der Waals surface area contributed by atoms with Gasteiger partial charge in [-0.1, -0.05) is 31.9 Å². The van der Waals surface area contributed by atoms with Crippen molar-refractivity contribution in [2.24, 2.45) is 13.0 Å². The monoisotopic (exact) mass is 476 g/mol. The van der Waals surface area contributed by atoms with E-state index >= 15 is 0 Å². The third kappa shape index (κ3) is 6.54. The molecule has 0 bridgehead atoms. The normalized spacial score (nSPS) is 12.3. The zero-order chi connectivity index (χ0) is 25.4. The Balaban J connectivity index is 1.75. The molecular formula is C27H32N4O4. The molecule has 35 heavy (non-hydrogen) atoms. The number of aromatic nitrogens is 3. The Morgan fingerprint density at radius 3 is 2.37 bits per heavy atom. The van der Waals surface area contributed by atoms with E-state index in [1.807, 2.05) is 41.3 Å². The van der Waals surface area contributed by atoms with E-state index in [-0.39, 0.29) is 23.9 Å². The molecule has 3 rings (SSSR count). The van der Waals surface area contributed by atoms with E-state index in [1.165, 1.54) is 4.68 Å². The summed E-state index contributed by atoms with van der Waals surface area (Å²) in [6, 6.07) is 13.2. The molecule has 1 unspecified atom stereocenters. The molecule has 0 saturated carbocycles. The molecule has 0 aliphatic carbocycles. The lowest BCUT2D eigenvalue weighted by atomic mass is 9.93. The molecule has 0 radical (unpaired) electrons. The van der Waals surface area contributed by atoms with Crippen LogP contribution in [-0.2, 0) is 13.6 Å². The summed E-state index contributed by atoms with van der Waals surface area (Å²) in [5.41, 5.74) is 2.14. The first kappa shape index (κ1) is 25.6. The number of anilines is 1. The standard InChI is InChI=1S/C27H32N4O4/c1-7-14-31(17-21-8-10-22(33-5)11-9-21)25-15-26(29-30(4)27(25)32)35-18-19(2)20(3)24-13-12-23(34-6)16-28-24/h1,8-13,15-16,19-20H,14,17-18H2,2-6H3/t19?,20-/m0/s1. The first-order valence-corrected chi connectivity index (χ1v) is 11.4. The van der Waals surface area contributed by atoms with Crippen LogP contribution in [0.5, 0.6) is 17.4 Å². The molecule has 8 heteroatoms. The van der Waals surface area contributed by atoms with Crippen LogP contribution in [0, 0.1) is 18.3 Å². The Morgan fingerprint density at radius 1 is 1.09 bits per heavy atom. The second kappa shape index (κ2) is 11.9. The highest BCUT2D eigenvalue weighted by molar-refractivity contribution is 5.48. The van der Waals surface area contributed by atoms with Crippen LogP contribution < -0.4 is 24.7 Å². The zero-order valence-electron chi connectivity index (χ0n) is 20.9. The maximum atomic E-state index is 12.9. The van der Waals surface area contributed by atoms with Gasteiger partial charge in [0.25, 0.3) is 5.56 Å². The van der Waals surface area contributed by atoms with Crippen LogP contribution in [0.3, 0.4) is 0 Å².